The summed E-state index contributed by atoms with van der Waals surface area (Å²) < 4.78 is 0. The van der Waals surface area contributed by atoms with Gasteiger partial charge in [0, 0.05) is 22.5 Å². The Morgan fingerprint density at radius 1 is 1.36 bits per heavy atom. The van der Waals surface area contributed by atoms with Crippen molar-refractivity contribution in [3.05, 3.63) is 23.3 Å². The molecule has 0 atom stereocenters. The minimum atomic E-state index is -0.222. The van der Waals surface area contributed by atoms with E-state index in [-0.39, 0.29) is 6.49 Å². The number of hydrogen-bond acceptors (Lipinski definition) is 2. The maximum atomic E-state index is 5.82. The number of benzene rings is 1. The van der Waals surface area contributed by atoms with Crippen LogP contribution in [-0.2, 0) is 0 Å². The van der Waals surface area contributed by atoms with Gasteiger partial charge >= 0.3 is 0 Å². The molecule has 1 aromatic rings. The van der Waals surface area contributed by atoms with Gasteiger partial charge in [0.2, 0.25) is 0 Å². The van der Waals surface area contributed by atoms with Crippen LogP contribution in [0.1, 0.15) is 11.1 Å². The first-order valence-corrected chi connectivity index (χ1v) is 4.48. The third kappa shape index (κ3) is 2.18. The van der Waals surface area contributed by atoms with E-state index < -0.39 is 0 Å². The molecule has 3 N–H and O–H groups in total. The molecule has 65 valence electrons. The van der Waals surface area contributed by atoms with Gasteiger partial charge < -0.3 is 5.43 Å². The van der Waals surface area contributed by atoms with Crippen LogP contribution in [0.25, 0.3) is 0 Å². The molecule has 0 saturated carbocycles. The third-order valence-corrected chi connectivity index (χ3v) is 2.33. The zero-order valence-electron chi connectivity index (χ0n) is 8.54. The Balaban J connectivity index is 3.14. The highest BCUT2D eigenvalue weighted by Gasteiger charge is 2.10. The maximum absolute atomic E-state index is 5.82. The molecule has 0 saturated heterocycles. The van der Waals surface area contributed by atoms with Crippen LogP contribution in [0.5, 0.6) is 0 Å². The fourth-order valence-corrected chi connectivity index (χ4v) is 1.46. The first-order valence-electron chi connectivity index (χ1n) is 4.48. The minimum Gasteiger partial charge on any atom is -0.324 e. The largest absolute Gasteiger partial charge is 0.324 e. The molecule has 0 spiro atoms. The predicted octanol–water partition coefficient (Wildman–Crippen LogP) is -0.760. The Morgan fingerprint density at radius 2 is 2.00 bits per heavy atom. The molecule has 0 heterocycles. The van der Waals surface area contributed by atoms with Gasteiger partial charge in [-0.1, -0.05) is 17.1 Å². The van der Waals surface area contributed by atoms with E-state index >= 15 is 0 Å². The average molecular weight is 178 g/mol. The second kappa shape index (κ2) is 4.65. The number of nitrogens with two attached hydrogens (primary N) is 1. The van der Waals surface area contributed by atoms with Crippen molar-refractivity contribution in [2.24, 2.45) is 5.84 Å². The average Bonchev–Trinajstić information content (AvgIpc) is 2.19. The van der Waals surface area contributed by atoms with E-state index in [1.165, 1.54) is 7.06 Å². The molecule has 0 aliphatic rings. The lowest BCUT2D eigenvalue weighted by Gasteiger charge is -2.15. The van der Waals surface area contributed by atoms with Gasteiger partial charge in [-0.2, -0.15) is 0 Å². The maximum Gasteiger partial charge on any atom is 0.0809 e. The molecule has 0 unspecified atom stereocenters. The Labute approximate surface area is 89.1 Å². The Kier molecular flexibility index (Phi) is 3.76. The van der Waals surface area contributed by atoms with Crippen molar-refractivity contribution >= 4 is 40.2 Å². The van der Waals surface area contributed by atoms with Crippen LogP contribution in [0, 0.1) is 13.8 Å². The number of hydrogen-bond donors (Lipinski definition) is 2. The summed E-state index contributed by atoms with van der Waals surface area (Å²) in [4.78, 5) is 0. The highest BCUT2D eigenvalue weighted by atomic mass is 15.2. The summed E-state index contributed by atoms with van der Waals surface area (Å²) in [5, 5.41) is 0. The quantitative estimate of drug-likeness (QED) is 0.363. The van der Waals surface area contributed by atoms with Crippen molar-refractivity contribution in [3.63, 3.8) is 0 Å². The van der Waals surface area contributed by atoms with E-state index in [2.05, 4.69) is 5.43 Å². The molecule has 2 nitrogen and oxygen atoms in total. The molecule has 0 aliphatic heterocycles. The molecule has 0 bridgehead atoms. The Bertz CT molecular complexity index is 329. The van der Waals surface area contributed by atoms with Crippen LogP contribution in [-0.4, -0.2) is 29.0 Å². The van der Waals surface area contributed by atoms with E-state index in [4.69, 9.17) is 21.3 Å². The summed E-state index contributed by atoms with van der Waals surface area (Å²) in [6.45, 7) is 3.74. The molecule has 6 heteroatoms. The summed E-state index contributed by atoms with van der Waals surface area (Å²) in [5.41, 5.74) is 6.72. The summed E-state index contributed by atoms with van der Waals surface area (Å²) in [6.07, 6.45) is 0. The normalized spacial score (nSPS) is 9.64. The summed E-state index contributed by atoms with van der Waals surface area (Å²) in [5.74, 6) is 5.36. The molecule has 0 fully saturated rings. The summed E-state index contributed by atoms with van der Waals surface area (Å²) in [7, 11) is 12.7. The SMILES string of the molecule is [B][B]B([B])c1cc(C)c(NN)cc1C. The van der Waals surface area contributed by atoms with Gasteiger partial charge in [-0.15, -0.1) is 0 Å². The number of nitrogen functional groups attached to an aromatic ring is 1. The molecule has 1 rings (SSSR count). The van der Waals surface area contributed by atoms with Crippen molar-refractivity contribution in [2.45, 2.75) is 13.8 Å². The number of anilines is 1. The van der Waals surface area contributed by atoms with Crippen LogP contribution < -0.4 is 16.7 Å². The molecule has 0 amide bonds. The number of hydrazine groups is 1. The van der Waals surface area contributed by atoms with Crippen LogP contribution in [0.2, 0.25) is 0 Å². The molecule has 0 aliphatic carbocycles. The predicted molar refractivity (Wildman–Crippen MR) is 66.4 cm³/mol. The molecule has 14 heavy (non-hydrogen) atoms. The Hall–Kier alpha value is -0.760. The fourth-order valence-electron chi connectivity index (χ4n) is 1.46. The van der Waals surface area contributed by atoms with Gasteiger partial charge in [-0.3, -0.25) is 5.84 Å². The lowest BCUT2D eigenvalue weighted by Crippen LogP contribution is -2.40. The number of rotatable bonds is 3. The molecule has 1 aromatic carbocycles. The second-order valence-electron chi connectivity index (χ2n) is 3.39. The monoisotopic (exact) mass is 179 g/mol. The standard InChI is InChI=1S/C8H11B4N2/c1-5-4-8(14-13)6(2)3-7(5)12(10)11-9/h3-4,14H,13H2,1-2H3. The topological polar surface area (TPSA) is 38.0 Å². The van der Waals surface area contributed by atoms with Crippen LogP contribution in [0.15, 0.2) is 12.1 Å². The van der Waals surface area contributed by atoms with Gasteiger partial charge in [0.25, 0.3) is 0 Å². The van der Waals surface area contributed by atoms with Crippen molar-refractivity contribution in [2.75, 3.05) is 5.43 Å². The van der Waals surface area contributed by atoms with E-state index in [0.29, 0.717) is 0 Å². The molecular weight excluding hydrogens is 167 g/mol. The van der Waals surface area contributed by atoms with Crippen molar-refractivity contribution in [1.29, 1.82) is 0 Å². The minimum absolute atomic E-state index is 0.222. The van der Waals surface area contributed by atoms with Gasteiger partial charge in [-0.25, -0.2) is 0 Å². The fraction of sp³-hybridized carbons (Fsp3) is 0.250. The van der Waals surface area contributed by atoms with E-state index in [9.17, 15) is 0 Å². The smallest absolute Gasteiger partial charge is 0.0809 e. The molecular formula is C8H11B4N2. The summed E-state index contributed by atoms with van der Waals surface area (Å²) >= 11 is 0. The van der Waals surface area contributed by atoms with E-state index in [1.807, 2.05) is 26.0 Å². The first kappa shape index (κ1) is 11.3. The van der Waals surface area contributed by atoms with Crippen molar-refractivity contribution < 1.29 is 0 Å². The van der Waals surface area contributed by atoms with Crippen molar-refractivity contribution in [1.82, 2.24) is 0 Å². The number of aryl methyl sites for hydroxylation is 2. The van der Waals surface area contributed by atoms with Crippen LogP contribution in [0.4, 0.5) is 5.69 Å². The van der Waals surface area contributed by atoms with Crippen LogP contribution >= 0.6 is 0 Å². The van der Waals surface area contributed by atoms with E-state index in [0.717, 1.165) is 22.3 Å². The zero-order valence-corrected chi connectivity index (χ0v) is 8.54. The lowest BCUT2D eigenvalue weighted by molar-refractivity contribution is 1.30. The Morgan fingerprint density at radius 3 is 2.50 bits per heavy atom. The zero-order chi connectivity index (χ0) is 10.7. The molecule has 0 aromatic heterocycles. The second-order valence-corrected chi connectivity index (χ2v) is 3.39. The lowest BCUT2D eigenvalue weighted by atomic mass is 9.03. The van der Waals surface area contributed by atoms with Gasteiger partial charge in [-0.05, 0) is 25.5 Å². The first-order chi connectivity index (χ1) is 6.60. The van der Waals surface area contributed by atoms with Crippen molar-refractivity contribution in [3.8, 4) is 0 Å². The number of nitrogens with one attached hydrogen (secondary N) is 1. The van der Waals surface area contributed by atoms with Gasteiger partial charge in [0.15, 0.2) is 0 Å². The van der Waals surface area contributed by atoms with E-state index in [1.54, 1.807) is 0 Å². The summed E-state index contributed by atoms with van der Waals surface area (Å²) in [6, 6.07) is 3.96. The highest BCUT2D eigenvalue weighted by Crippen LogP contribution is 2.13. The van der Waals surface area contributed by atoms with Gasteiger partial charge in [0.05, 0.1) is 12.2 Å². The molecule has 5 radical (unpaired) electrons. The van der Waals surface area contributed by atoms with Crippen LogP contribution in [0.3, 0.4) is 0 Å². The van der Waals surface area contributed by atoms with Gasteiger partial charge in [0.1, 0.15) is 0 Å². The highest BCUT2D eigenvalue weighted by molar-refractivity contribution is 7.50. The third-order valence-electron chi connectivity index (χ3n) is 2.33.